The molecule has 3 rings (SSSR count). The van der Waals surface area contributed by atoms with Crippen molar-refractivity contribution >= 4 is 34.5 Å². The predicted octanol–water partition coefficient (Wildman–Crippen LogP) is 5.21. The van der Waals surface area contributed by atoms with Crippen LogP contribution in [0.5, 0.6) is 11.5 Å². The molecule has 0 aliphatic carbocycles. The van der Waals surface area contributed by atoms with Crippen LogP contribution in [-0.4, -0.2) is 15.3 Å². The van der Waals surface area contributed by atoms with Crippen LogP contribution >= 0.6 is 34.5 Å². The quantitative estimate of drug-likeness (QED) is 0.595. The third kappa shape index (κ3) is 3.31. The smallest absolute Gasteiger partial charge is 0.127 e. The van der Waals surface area contributed by atoms with E-state index in [1.165, 1.54) is 23.5 Å². The average Bonchev–Trinajstić information content (AvgIpc) is 2.98. The van der Waals surface area contributed by atoms with E-state index in [9.17, 15) is 15.3 Å². The Morgan fingerprint density at radius 3 is 2.04 bits per heavy atom. The van der Waals surface area contributed by atoms with Crippen LogP contribution < -0.4 is 0 Å². The second kappa shape index (κ2) is 6.42. The summed E-state index contributed by atoms with van der Waals surface area (Å²) in [5.41, 5.74) is 1.12. The first kappa shape index (κ1) is 16.1. The largest absolute Gasteiger partial charge is 0.507 e. The third-order valence-electron chi connectivity index (χ3n) is 3.40. The number of phenolic OH excluding ortho intramolecular Hbond substituents is 2. The summed E-state index contributed by atoms with van der Waals surface area (Å²) in [4.78, 5) is 0.724. The van der Waals surface area contributed by atoms with E-state index in [4.69, 9.17) is 23.2 Å². The molecular weight excluding hydrogens is 355 g/mol. The van der Waals surface area contributed by atoms with Gasteiger partial charge in [0, 0.05) is 14.9 Å². The van der Waals surface area contributed by atoms with Crippen LogP contribution in [0.1, 0.15) is 16.5 Å². The maximum Gasteiger partial charge on any atom is 0.127 e. The maximum absolute atomic E-state index is 10.3. The van der Waals surface area contributed by atoms with Crippen LogP contribution in [0.25, 0.3) is 11.1 Å². The minimum atomic E-state index is -0.913. The molecule has 0 spiro atoms. The van der Waals surface area contributed by atoms with Gasteiger partial charge in [0.1, 0.15) is 17.6 Å². The van der Waals surface area contributed by atoms with Crippen LogP contribution in [0.2, 0.25) is 10.0 Å². The molecule has 3 aromatic rings. The molecule has 1 heterocycles. The second-order valence-corrected chi connectivity index (χ2v) is 6.86. The number of aliphatic hydroxyl groups is 1. The molecule has 3 nitrogen and oxygen atoms in total. The lowest BCUT2D eigenvalue weighted by Crippen LogP contribution is -1.97. The zero-order chi connectivity index (χ0) is 16.6. The molecule has 118 valence electrons. The highest BCUT2D eigenvalue weighted by molar-refractivity contribution is 7.10. The Balaban J connectivity index is 2.07. The zero-order valence-electron chi connectivity index (χ0n) is 11.7. The molecule has 0 saturated heterocycles. The summed E-state index contributed by atoms with van der Waals surface area (Å²) in [6, 6.07) is 11.2. The SMILES string of the molecule is Oc1cc(C(O)c2cccs2)cc(O)c1-c1cc(Cl)cc(Cl)c1. The molecule has 3 N–H and O–H groups in total. The van der Waals surface area contributed by atoms with Crippen molar-refractivity contribution in [2.45, 2.75) is 6.10 Å². The van der Waals surface area contributed by atoms with Gasteiger partial charge in [-0.3, -0.25) is 0 Å². The lowest BCUT2D eigenvalue weighted by atomic mass is 9.98. The summed E-state index contributed by atoms with van der Waals surface area (Å²) in [5, 5.41) is 33.6. The summed E-state index contributed by atoms with van der Waals surface area (Å²) in [6.45, 7) is 0. The summed E-state index contributed by atoms with van der Waals surface area (Å²) < 4.78 is 0. The number of aliphatic hydroxyl groups excluding tert-OH is 1. The van der Waals surface area contributed by atoms with Gasteiger partial charge in [-0.05, 0) is 52.9 Å². The van der Waals surface area contributed by atoms with Gasteiger partial charge >= 0.3 is 0 Å². The van der Waals surface area contributed by atoms with Crippen molar-refractivity contribution in [3.63, 3.8) is 0 Å². The number of thiophene rings is 1. The van der Waals surface area contributed by atoms with Crippen molar-refractivity contribution in [1.82, 2.24) is 0 Å². The normalized spacial score (nSPS) is 12.3. The van der Waals surface area contributed by atoms with Crippen molar-refractivity contribution in [3.8, 4) is 22.6 Å². The summed E-state index contributed by atoms with van der Waals surface area (Å²) in [5.74, 6) is -0.317. The summed E-state index contributed by atoms with van der Waals surface area (Å²) in [7, 11) is 0. The molecule has 0 bridgehead atoms. The molecule has 0 radical (unpaired) electrons. The molecule has 0 amide bonds. The Bertz CT molecular complexity index is 804. The molecule has 1 aromatic heterocycles. The second-order valence-electron chi connectivity index (χ2n) is 5.01. The number of aromatic hydroxyl groups is 2. The Morgan fingerprint density at radius 1 is 0.913 bits per heavy atom. The fraction of sp³-hybridized carbons (Fsp3) is 0.0588. The van der Waals surface area contributed by atoms with Gasteiger partial charge in [0.15, 0.2) is 0 Å². The molecule has 0 aliphatic heterocycles. The molecule has 1 unspecified atom stereocenters. The number of rotatable bonds is 3. The van der Waals surface area contributed by atoms with Crippen LogP contribution in [0.3, 0.4) is 0 Å². The Kier molecular flexibility index (Phi) is 4.50. The van der Waals surface area contributed by atoms with Crippen LogP contribution in [0.4, 0.5) is 0 Å². The van der Waals surface area contributed by atoms with E-state index in [1.54, 1.807) is 24.3 Å². The highest BCUT2D eigenvalue weighted by Gasteiger charge is 2.18. The summed E-state index contributed by atoms with van der Waals surface area (Å²) in [6.07, 6.45) is -0.913. The molecule has 0 aliphatic rings. The van der Waals surface area contributed by atoms with E-state index in [1.807, 2.05) is 11.4 Å². The van der Waals surface area contributed by atoms with Crippen molar-refractivity contribution in [3.05, 3.63) is 68.3 Å². The van der Waals surface area contributed by atoms with Gasteiger partial charge in [-0.25, -0.2) is 0 Å². The maximum atomic E-state index is 10.3. The Labute approximate surface area is 147 Å². The van der Waals surface area contributed by atoms with E-state index < -0.39 is 6.10 Å². The topological polar surface area (TPSA) is 60.7 Å². The molecular formula is C17H12Cl2O3S. The first-order chi connectivity index (χ1) is 11.0. The summed E-state index contributed by atoms with van der Waals surface area (Å²) >= 11 is 13.3. The molecule has 23 heavy (non-hydrogen) atoms. The van der Waals surface area contributed by atoms with Crippen molar-refractivity contribution in [2.24, 2.45) is 0 Å². The minimum Gasteiger partial charge on any atom is -0.507 e. The fourth-order valence-electron chi connectivity index (χ4n) is 2.40. The van der Waals surface area contributed by atoms with E-state index in [-0.39, 0.29) is 17.1 Å². The van der Waals surface area contributed by atoms with E-state index in [0.29, 0.717) is 21.2 Å². The highest BCUT2D eigenvalue weighted by atomic mass is 35.5. The van der Waals surface area contributed by atoms with Crippen molar-refractivity contribution < 1.29 is 15.3 Å². The molecule has 0 saturated carbocycles. The zero-order valence-corrected chi connectivity index (χ0v) is 14.0. The lowest BCUT2D eigenvalue weighted by molar-refractivity contribution is 0.223. The van der Waals surface area contributed by atoms with Gasteiger partial charge in [-0.15, -0.1) is 11.3 Å². The van der Waals surface area contributed by atoms with Gasteiger partial charge in [0.05, 0.1) is 5.56 Å². The van der Waals surface area contributed by atoms with Crippen LogP contribution in [-0.2, 0) is 0 Å². The fourth-order valence-corrected chi connectivity index (χ4v) is 3.66. The van der Waals surface area contributed by atoms with Crippen molar-refractivity contribution in [1.29, 1.82) is 0 Å². The predicted molar refractivity (Wildman–Crippen MR) is 93.6 cm³/mol. The number of hydrogen-bond donors (Lipinski definition) is 3. The van der Waals surface area contributed by atoms with Gasteiger partial charge in [0.2, 0.25) is 0 Å². The van der Waals surface area contributed by atoms with Crippen LogP contribution in [0, 0.1) is 0 Å². The first-order valence-corrected chi connectivity index (χ1v) is 8.33. The van der Waals surface area contributed by atoms with Gasteiger partial charge in [0.25, 0.3) is 0 Å². The Hall–Kier alpha value is -1.72. The average molecular weight is 367 g/mol. The minimum absolute atomic E-state index is 0.158. The third-order valence-corrected chi connectivity index (χ3v) is 4.76. The van der Waals surface area contributed by atoms with E-state index in [0.717, 1.165) is 4.88 Å². The van der Waals surface area contributed by atoms with E-state index >= 15 is 0 Å². The highest BCUT2D eigenvalue weighted by Crippen LogP contribution is 2.42. The molecule has 2 aromatic carbocycles. The molecule has 0 fully saturated rings. The van der Waals surface area contributed by atoms with Crippen LogP contribution in [0.15, 0.2) is 47.8 Å². The number of benzene rings is 2. The first-order valence-electron chi connectivity index (χ1n) is 6.69. The molecule has 6 heteroatoms. The number of halogens is 2. The lowest BCUT2D eigenvalue weighted by Gasteiger charge is -2.14. The van der Waals surface area contributed by atoms with Crippen molar-refractivity contribution in [2.75, 3.05) is 0 Å². The number of hydrogen-bond acceptors (Lipinski definition) is 4. The van der Waals surface area contributed by atoms with Gasteiger partial charge < -0.3 is 15.3 Å². The van der Waals surface area contributed by atoms with E-state index in [2.05, 4.69) is 0 Å². The number of phenols is 2. The molecule has 1 atom stereocenters. The van der Waals surface area contributed by atoms with Gasteiger partial charge in [-0.2, -0.15) is 0 Å². The van der Waals surface area contributed by atoms with Gasteiger partial charge in [-0.1, -0.05) is 29.3 Å². The monoisotopic (exact) mass is 366 g/mol. The Morgan fingerprint density at radius 2 is 1.52 bits per heavy atom. The standard InChI is InChI=1S/C17H12Cl2O3S/c18-11-4-9(5-12(19)8-11)16-13(20)6-10(7-14(16)21)17(22)15-2-1-3-23-15/h1-8,17,20-22H.